The van der Waals surface area contributed by atoms with Crippen LogP contribution in [-0.2, 0) is 6.54 Å². The van der Waals surface area contributed by atoms with Gasteiger partial charge in [0, 0.05) is 19.1 Å². The number of hydrogen-bond acceptors (Lipinski definition) is 3. The summed E-state index contributed by atoms with van der Waals surface area (Å²) in [5, 5.41) is 12.6. The molecular formula is C13H20N2O. The van der Waals surface area contributed by atoms with E-state index in [4.69, 9.17) is 0 Å². The van der Waals surface area contributed by atoms with Gasteiger partial charge in [0.1, 0.15) is 0 Å². The van der Waals surface area contributed by atoms with Crippen molar-refractivity contribution in [2.45, 2.75) is 19.0 Å². The summed E-state index contributed by atoms with van der Waals surface area (Å²) in [5.74, 6) is 0. The van der Waals surface area contributed by atoms with Gasteiger partial charge in [-0.05, 0) is 25.1 Å². The van der Waals surface area contributed by atoms with Crippen LogP contribution < -0.4 is 5.32 Å². The lowest BCUT2D eigenvalue weighted by Crippen LogP contribution is -2.39. The van der Waals surface area contributed by atoms with Crippen LogP contribution >= 0.6 is 0 Å². The summed E-state index contributed by atoms with van der Waals surface area (Å²) in [7, 11) is 0. The van der Waals surface area contributed by atoms with Crippen LogP contribution in [0.3, 0.4) is 0 Å². The maximum atomic E-state index is 9.21. The fourth-order valence-electron chi connectivity index (χ4n) is 2.18. The van der Waals surface area contributed by atoms with E-state index in [9.17, 15) is 5.11 Å². The Morgan fingerprint density at radius 1 is 1.31 bits per heavy atom. The van der Waals surface area contributed by atoms with E-state index in [2.05, 4.69) is 34.5 Å². The average Bonchev–Trinajstić information content (AvgIpc) is 2.55. The molecule has 0 aliphatic carbocycles. The SMILES string of the molecule is OCC1CN(Cc2ccccc2)CCCN1. The number of rotatable bonds is 3. The molecule has 1 heterocycles. The first-order valence-corrected chi connectivity index (χ1v) is 5.99. The van der Waals surface area contributed by atoms with E-state index >= 15 is 0 Å². The van der Waals surface area contributed by atoms with E-state index in [0.717, 1.165) is 32.6 Å². The Bertz CT molecular complexity index is 302. The molecule has 0 radical (unpaired) electrons. The summed E-state index contributed by atoms with van der Waals surface area (Å²) in [4.78, 5) is 2.41. The molecule has 16 heavy (non-hydrogen) atoms. The van der Waals surface area contributed by atoms with E-state index < -0.39 is 0 Å². The molecule has 3 heteroatoms. The molecule has 1 atom stereocenters. The zero-order valence-electron chi connectivity index (χ0n) is 9.60. The Kier molecular flexibility index (Phi) is 4.34. The topological polar surface area (TPSA) is 35.5 Å². The highest BCUT2D eigenvalue weighted by molar-refractivity contribution is 5.14. The molecule has 1 unspecified atom stereocenters. The van der Waals surface area contributed by atoms with Crippen molar-refractivity contribution in [3.8, 4) is 0 Å². The third kappa shape index (κ3) is 3.30. The van der Waals surface area contributed by atoms with Gasteiger partial charge in [0.05, 0.1) is 6.61 Å². The van der Waals surface area contributed by atoms with Crippen LogP contribution in [0.5, 0.6) is 0 Å². The number of hydrogen-bond donors (Lipinski definition) is 2. The van der Waals surface area contributed by atoms with E-state index in [1.807, 2.05) is 6.07 Å². The molecule has 2 N–H and O–H groups in total. The highest BCUT2D eigenvalue weighted by Crippen LogP contribution is 2.07. The lowest BCUT2D eigenvalue weighted by atomic mass is 10.2. The third-order valence-electron chi connectivity index (χ3n) is 3.03. The molecule has 3 nitrogen and oxygen atoms in total. The van der Waals surface area contributed by atoms with Gasteiger partial charge in [0.25, 0.3) is 0 Å². The Morgan fingerprint density at radius 2 is 2.12 bits per heavy atom. The van der Waals surface area contributed by atoms with E-state index in [-0.39, 0.29) is 12.6 Å². The Hall–Kier alpha value is -0.900. The smallest absolute Gasteiger partial charge is 0.0597 e. The highest BCUT2D eigenvalue weighted by atomic mass is 16.3. The standard InChI is InChI=1S/C13H20N2O/c16-11-13-10-15(8-4-7-14-13)9-12-5-2-1-3-6-12/h1-3,5-6,13-14,16H,4,7-11H2. The van der Waals surface area contributed by atoms with Gasteiger partial charge < -0.3 is 10.4 Å². The van der Waals surface area contributed by atoms with Gasteiger partial charge in [0.2, 0.25) is 0 Å². The van der Waals surface area contributed by atoms with Crippen molar-refractivity contribution in [3.63, 3.8) is 0 Å². The van der Waals surface area contributed by atoms with Crippen molar-refractivity contribution in [3.05, 3.63) is 35.9 Å². The molecule has 1 fully saturated rings. The van der Waals surface area contributed by atoms with E-state index in [0.29, 0.717) is 0 Å². The number of nitrogens with zero attached hydrogens (tertiary/aromatic N) is 1. The largest absolute Gasteiger partial charge is 0.395 e. The van der Waals surface area contributed by atoms with Gasteiger partial charge in [-0.15, -0.1) is 0 Å². The molecule has 88 valence electrons. The summed E-state index contributed by atoms with van der Waals surface area (Å²) < 4.78 is 0. The summed E-state index contributed by atoms with van der Waals surface area (Å²) >= 11 is 0. The van der Waals surface area contributed by atoms with Crippen molar-refractivity contribution in [2.75, 3.05) is 26.2 Å². The number of benzene rings is 1. The van der Waals surface area contributed by atoms with Crippen LogP contribution in [0.2, 0.25) is 0 Å². The molecule has 1 aliphatic heterocycles. The van der Waals surface area contributed by atoms with Crippen molar-refractivity contribution in [2.24, 2.45) is 0 Å². The van der Waals surface area contributed by atoms with Crippen molar-refractivity contribution in [1.29, 1.82) is 0 Å². The molecule has 1 aromatic carbocycles. The molecule has 1 aromatic rings. The van der Waals surface area contributed by atoms with Crippen LogP contribution in [0.1, 0.15) is 12.0 Å². The van der Waals surface area contributed by atoms with Crippen LogP contribution in [-0.4, -0.2) is 42.3 Å². The zero-order valence-corrected chi connectivity index (χ0v) is 9.60. The van der Waals surface area contributed by atoms with Gasteiger partial charge in [0.15, 0.2) is 0 Å². The maximum absolute atomic E-state index is 9.21. The summed E-state index contributed by atoms with van der Waals surface area (Å²) in [6, 6.07) is 10.7. The predicted molar refractivity (Wildman–Crippen MR) is 65.2 cm³/mol. The zero-order chi connectivity index (χ0) is 11.2. The predicted octanol–water partition coefficient (Wildman–Crippen LogP) is 0.843. The minimum atomic E-state index is 0.227. The molecule has 0 saturated carbocycles. The normalized spacial score (nSPS) is 22.9. The van der Waals surface area contributed by atoms with Gasteiger partial charge in [-0.25, -0.2) is 0 Å². The minimum Gasteiger partial charge on any atom is -0.395 e. The minimum absolute atomic E-state index is 0.227. The first-order valence-electron chi connectivity index (χ1n) is 5.99. The van der Waals surface area contributed by atoms with Crippen LogP contribution in [0.25, 0.3) is 0 Å². The van der Waals surface area contributed by atoms with Gasteiger partial charge in [-0.3, -0.25) is 4.90 Å². The molecule has 0 spiro atoms. The third-order valence-corrected chi connectivity index (χ3v) is 3.03. The second-order valence-corrected chi connectivity index (χ2v) is 4.41. The lowest BCUT2D eigenvalue weighted by Gasteiger charge is -2.23. The van der Waals surface area contributed by atoms with Crippen LogP contribution in [0, 0.1) is 0 Å². The molecule has 0 aromatic heterocycles. The molecule has 1 aliphatic rings. The summed E-state index contributed by atoms with van der Waals surface area (Å²) in [5.41, 5.74) is 1.35. The maximum Gasteiger partial charge on any atom is 0.0597 e. The second-order valence-electron chi connectivity index (χ2n) is 4.41. The number of nitrogens with one attached hydrogen (secondary N) is 1. The monoisotopic (exact) mass is 220 g/mol. The van der Waals surface area contributed by atoms with Gasteiger partial charge >= 0.3 is 0 Å². The molecule has 1 saturated heterocycles. The number of aliphatic hydroxyl groups is 1. The first kappa shape index (κ1) is 11.6. The average molecular weight is 220 g/mol. The van der Waals surface area contributed by atoms with E-state index in [1.165, 1.54) is 5.56 Å². The first-order chi connectivity index (χ1) is 7.88. The van der Waals surface area contributed by atoms with Crippen LogP contribution in [0.15, 0.2) is 30.3 Å². The van der Waals surface area contributed by atoms with Crippen LogP contribution in [0.4, 0.5) is 0 Å². The van der Waals surface area contributed by atoms with Gasteiger partial charge in [-0.2, -0.15) is 0 Å². The lowest BCUT2D eigenvalue weighted by molar-refractivity contribution is 0.196. The number of aliphatic hydroxyl groups excluding tert-OH is 1. The fraction of sp³-hybridized carbons (Fsp3) is 0.538. The van der Waals surface area contributed by atoms with Crippen molar-refractivity contribution < 1.29 is 5.11 Å². The summed E-state index contributed by atoms with van der Waals surface area (Å²) in [6.07, 6.45) is 1.16. The Balaban J connectivity index is 1.93. The second kappa shape index (κ2) is 5.99. The fourth-order valence-corrected chi connectivity index (χ4v) is 2.18. The Morgan fingerprint density at radius 3 is 2.88 bits per heavy atom. The van der Waals surface area contributed by atoms with Crippen molar-refractivity contribution >= 4 is 0 Å². The van der Waals surface area contributed by atoms with Crippen molar-refractivity contribution in [1.82, 2.24) is 10.2 Å². The summed E-state index contributed by atoms with van der Waals surface area (Å²) in [6.45, 7) is 4.27. The molecular weight excluding hydrogens is 200 g/mol. The van der Waals surface area contributed by atoms with Gasteiger partial charge in [-0.1, -0.05) is 30.3 Å². The van der Waals surface area contributed by atoms with E-state index in [1.54, 1.807) is 0 Å². The molecule has 0 bridgehead atoms. The Labute approximate surface area is 97.1 Å². The molecule has 2 rings (SSSR count). The molecule has 0 amide bonds. The quantitative estimate of drug-likeness (QED) is 0.792. The highest BCUT2D eigenvalue weighted by Gasteiger charge is 2.16.